The zero-order valence-corrected chi connectivity index (χ0v) is 18.8. The maximum atomic E-state index is 13.0. The van der Waals surface area contributed by atoms with Crippen molar-refractivity contribution >= 4 is 23.1 Å². The molecule has 0 radical (unpaired) electrons. The normalized spacial score (nSPS) is 23.8. The van der Waals surface area contributed by atoms with E-state index in [9.17, 15) is 9.59 Å². The quantitative estimate of drug-likeness (QED) is 0.747. The Morgan fingerprint density at radius 3 is 2.65 bits per heavy atom. The minimum absolute atomic E-state index is 0.0146. The Hall–Kier alpha value is -2.76. The lowest BCUT2D eigenvalue weighted by molar-refractivity contribution is -0.133. The van der Waals surface area contributed by atoms with Crippen LogP contribution in [0.3, 0.4) is 0 Å². The number of dihydropyridines is 1. The summed E-state index contributed by atoms with van der Waals surface area (Å²) >= 11 is 0. The van der Waals surface area contributed by atoms with Gasteiger partial charge in [0.25, 0.3) is 0 Å². The van der Waals surface area contributed by atoms with E-state index in [-0.39, 0.29) is 18.1 Å². The van der Waals surface area contributed by atoms with Crippen molar-refractivity contribution in [3.63, 3.8) is 0 Å². The number of allylic oxidation sites excluding steroid dienone is 3. The summed E-state index contributed by atoms with van der Waals surface area (Å²) in [6.07, 6.45) is 11.0. The molecule has 4 rings (SSSR count). The van der Waals surface area contributed by atoms with Gasteiger partial charge in [-0.1, -0.05) is 19.9 Å². The first kappa shape index (κ1) is 21.5. The Morgan fingerprint density at radius 2 is 2.00 bits per heavy atom. The van der Waals surface area contributed by atoms with Gasteiger partial charge in [-0.05, 0) is 61.0 Å². The number of hydrogen-bond acceptors (Lipinski definition) is 5. The van der Waals surface area contributed by atoms with Crippen LogP contribution >= 0.6 is 0 Å². The highest BCUT2D eigenvalue weighted by molar-refractivity contribution is 6.17. The largest absolute Gasteiger partial charge is 0.367 e. The fourth-order valence-corrected chi connectivity index (χ4v) is 4.48. The number of amides is 1. The number of pyridine rings is 1. The standard InChI is InChI=1S/C25H32N4O2/c1-18-15-21(19-6-8-25(2,3)9-7-19)27-22(24(18)31)16-23(30)29-13-11-28(12-14-29)20-5-4-10-26-17-20/h4-6,10,15,17,22H,7-9,11-14,16H2,1-3H3/t22-/m1/s1. The van der Waals surface area contributed by atoms with Crippen molar-refractivity contribution in [3.05, 3.63) is 47.8 Å². The fourth-order valence-electron chi connectivity index (χ4n) is 4.48. The van der Waals surface area contributed by atoms with E-state index in [1.54, 1.807) is 6.20 Å². The number of Topliss-reactive ketones (excluding diaryl/α,β-unsaturated/α-hetero) is 1. The van der Waals surface area contributed by atoms with Crippen molar-refractivity contribution in [2.75, 3.05) is 31.1 Å². The Bertz CT molecular complexity index is 938. The third-order valence-electron chi connectivity index (χ3n) is 6.65. The summed E-state index contributed by atoms with van der Waals surface area (Å²) in [7, 11) is 0. The highest BCUT2D eigenvalue weighted by Crippen LogP contribution is 2.35. The van der Waals surface area contributed by atoms with Gasteiger partial charge in [0.05, 0.1) is 24.0 Å². The molecule has 6 heteroatoms. The third-order valence-corrected chi connectivity index (χ3v) is 6.65. The minimum Gasteiger partial charge on any atom is -0.367 e. The lowest BCUT2D eigenvalue weighted by atomic mass is 9.77. The van der Waals surface area contributed by atoms with Gasteiger partial charge in [-0.3, -0.25) is 19.6 Å². The molecule has 3 aliphatic rings. The number of aromatic nitrogens is 1. The van der Waals surface area contributed by atoms with E-state index in [1.807, 2.05) is 36.2 Å². The van der Waals surface area contributed by atoms with Crippen molar-refractivity contribution in [2.45, 2.75) is 52.5 Å². The zero-order valence-electron chi connectivity index (χ0n) is 18.8. The maximum absolute atomic E-state index is 13.0. The van der Waals surface area contributed by atoms with E-state index in [0.29, 0.717) is 24.1 Å². The number of piperazine rings is 1. The summed E-state index contributed by atoms with van der Waals surface area (Å²) < 4.78 is 0. The van der Waals surface area contributed by atoms with Crippen molar-refractivity contribution in [3.8, 4) is 0 Å². The van der Waals surface area contributed by atoms with Gasteiger partial charge in [0.1, 0.15) is 6.04 Å². The number of carbonyl (C=O) groups is 2. The summed E-state index contributed by atoms with van der Waals surface area (Å²) in [4.78, 5) is 38.7. The van der Waals surface area contributed by atoms with Crippen LogP contribution in [0.25, 0.3) is 0 Å². The summed E-state index contributed by atoms with van der Waals surface area (Å²) in [5.74, 6) is -0.0106. The molecule has 1 amide bonds. The highest BCUT2D eigenvalue weighted by Gasteiger charge is 2.31. The molecule has 1 atom stereocenters. The number of carbonyl (C=O) groups excluding carboxylic acids is 2. The molecule has 0 N–H and O–H groups in total. The average Bonchev–Trinajstić information content (AvgIpc) is 2.77. The Labute approximate surface area is 184 Å². The lowest BCUT2D eigenvalue weighted by Crippen LogP contribution is -2.49. The molecule has 1 aromatic rings. The molecule has 0 spiro atoms. The Balaban J connectivity index is 1.39. The van der Waals surface area contributed by atoms with Crippen LogP contribution in [0.5, 0.6) is 0 Å². The van der Waals surface area contributed by atoms with Gasteiger partial charge in [-0.25, -0.2) is 0 Å². The molecular formula is C25H32N4O2. The van der Waals surface area contributed by atoms with Gasteiger partial charge in [0.2, 0.25) is 5.91 Å². The highest BCUT2D eigenvalue weighted by atomic mass is 16.2. The van der Waals surface area contributed by atoms with Crippen LogP contribution in [-0.2, 0) is 9.59 Å². The van der Waals surface area contributed by atoms with Crippen LogP contribution in [-0.4, -0.2) is 59.5 Å². The molecule has 1 fully saturated rings. The Kier molecular flexibility index (Phi) is 6.08. The average molecular weight is 421 g/mol. The smallest absolute Gasteiger partial charge is 0.225 e. The molecule has 2 aliphatic heterocycles. The second-order valence-corrected chi connectivity index (χ2v) is 9.60. The van der Waals surface area contributed by atoms with Crippen LogP contribution < -0.4 is 4.90 Å². The first-order valence-corrected chi connectivity index (χ1v) is 11.2. The topological polar surface area (TPSA) is 65.9 Å². The summed E-state index contributed by atoms with van der Waals surface area (Å²) in [5.41, 5.74) is 4.21. The number of nitrogens with zero attached hydrogens (tertiary/aromatic N) is 4. The predicted octanol–water partition coefficient (Wildman–Crippen LogP) is 3.60. The minimum atomic E-state index is -0.598. The van der Waals surface area contributed by atoms with Gasteiger partial charge in [0.15, 0.2) is 5.78 Å². The van der Waals surface area contributed by atoms with E-state index in [4.69, 9.17) is 4.99 Å². The number of aliphatic imine (C=N–C) groups is 1. The van der Waals surface area contributed by atoms with Crippen molar-refractivity contribution in [1.29, 1.82) is 0 Å². The molecule has 3 heterocycles. The number of rotatable bonds is 4. The number of ketones is 1. The molecule has 0 saturated carbocycles. The lowest BCUT2D eigenvalue weighted by Gasteiger charge is -2.36. The van der Waals surface area contributed by atoms with Crippen LogP contribution in [0.2, 0.25) is 0 Å². The first-order valence-electron chi connectivity index (χ1n) is 11.2. The molecule has 0 bridgehead atoms. The van der Waals surface area contributed by atoms with Crippen LogP contribution in [0, 0.1) is 5.41 Å². The molecule has 31 heavy (non-hydrogen) atoms. The molecule has 164 valence electrons. The first-order chi connectivity index (χ1) is 14.8. The number of anilines is 1. The van der Waals surface area contributed by atoms with Crippen LogP contribution in [0.4, 0.5) is 5.69 Å². The van der Waals surface area contributed by atoms with E-state index in [2.05, 4.69) is 29.8 Å². The van der Waals surface area contributed by atoms with Gasteiger partial charge >= 0.3 is 0 Å². The van der Waals surface area contributed by atoms with Crippen molar-refractivity contribution in [1.82, 2.24) is 9.88 Å². The molecule has 0 aromatic carbocycles. The molecule has 1 saturated heterocycles. The van der Waals surface area contributed by atoms with Crippen LogP contribution in [0.15, 0.2) is 52.8 Å². The Morgan fingerprint density at radius 1 is 1.23 bits per heavy atom. The molecule has 1 aromatic heterocycles. The predicted molar refractivity (Wildman–Crippen MR) is 123 cm³/mol. The van der Waals surface area contributed by atoms with Crippen LogP contribution in [0.1, 0.15) is 46.5 Å². The third kappa shape index (κ3) is 4.94. The molecule has 0 unspecified atom stereocenters. The molecular weight excluding hydrogens is 388 g/mol. The van der Waals surface area contributed by atoms with Crippen molar-refractivity contribution in [2.24, 2.45) is 10.4 Å². The van der Waals surface area contributed by atoms with Gasteiger partial charge in [-0.2, -0.15) is 0 Å². The second kappa shape index (κ2) is 8.77. The van der Waals surface area contributed by atoms with Gasteiger partial charge in [0, 0.05) is 32.4 Å². The SMILES string of the molecule is CC1=CC(C2=CCC(C)(C)CC2)=N[C@H](CC(=O)N2CCN(c3cccnc3)CC2)C1=O. The monoisotopic (exact) mass is 420 g/mol. The molecule has 6 nitrogen and oxygen atoms in total. The maximum Gasteiger partial charge on any atom is 0.225 e. The molecule has 1 aliphatic carbocycles. The van der Waals surface area contributed by atoms with Gasteiger partial charge < -0.3 is 9.80 Å². The zero-order chi connectivity index (χ0) is 22.0. The summed E-state index contributed by atoms with van der Waals surface area (Å²) in [6, 6.07) is 3.37. The van der Waals surface area contributed by atoms with E-state index in [1.165, 1.54) is 5.57 Å². The van der Waals surface area contributed by atoms with E-state index >= 15 is 0 Å². The summed E-state index contributed by atoms with van der Waals surface area (Å²) in [5, 5.41) is 0. The van der Waals surface area contributed by atoms with E-state index < -0.39 is 6.04 Å². The number of hydrogen-bond donors (Lipinski definition) is 0. The fraction of sp³-hybridized carbons (Fsp3) is 0.520. The van der Waals surface area contributed by atoms with Gasteiger partial charge in [-0.15, -0.1) is 0 Å². The van der Waals surface area contributed by atoms with Crippen molar-refractivity contribution < 1.29 is 9.59 Å². The van der Waals surface area contributed by atoms with E-state index in [0.717, 1.165) is 43.8 Å². The second-order valence-electron chi connectivity index (χ2n) is 9.60. The summed E-state index contributed by atoms with van der Waals surface area (Å²) in [6.45, 7) is 9.25.